The van der Waals surface area contributed by atoms with Crippen LogP contribution in [0.25, 0.3) is 0 Å². The molecule has 118 valence electrons. The van der Waals surface area contributed by atoms with Crippen molar-refractivity contribution in [2.45, 2.75) is 13.1 Å². The molecule has 3 rings (SSSR count). The molecule has 0 aliphatic heterocycles. The highest BCUT2D eigenvalue weighted by molar-refractivity contribution is 5.57. The number of aromatic nitrogens is 1. The molecule has 2 N–H and O–H groups in total. The standard InChI is InChI=1S/C20H18N4/c21-13-18-11-12-19(22-14-16-7-3-1-4-8-16)24-20(18)23-15-17-9-5-2-6-10-17/h1-12H,14-15H2,(H2,22,23,24). The first-order valence-electron chi connectivity index (χ1n) is 7.82. The van der Waals surface area contributed by atoms with E-state index in [0.29, 0.717) is 24.5 Å². The minimum absolute atomic E-state index is 0.538. The van der Waals surface area contributed by atoms with E-state index in [4.69, 9.17) is 0 Å². The molecule has 0 fully saturated rings. The molecular weight excluding hydrogens is 296 g/mol. The van der Waals surface area contributed by atoms with Gasteiger partial charge in [-0.05, 0) is 23.3 Å². The first-order chi connectivity index (χ1) is 11.8. The second kappa shape index (κ2) is 7.80. The van der Waals surface area contributed by atoms with Crippen molar-refractivity contribution in [1.82, 2.24) is 4.98 Å². The largest absolute Gasteiger partial charge is 0.366 e. The number of anilines is 2. The monoisotopic (exact) mass is 314 g/mol. The SMILES string of the molecule is N#Cc1ccc(NCc2ccccc2)nc1NCc1ccccc1. The Hall–Kier alpha value is -3.32. The summed E-state index contributed by atoms with van der Waals surface area (Å²) in [4.78, 5) is 4.53. The number of pyridine rings is 1. The van der Waals surface area contributed by atoms with Gasteiger partial charge in [-0.1, -0.05) is 60.7 Å². The van der Waals surface area contributed by atoms with Gasteiger partial charge in [-0.15, -0.1) is 0 Å². The summed E-state index contributed by atoms with van der Waals surface area (Å²) in [6.45, 7) is 1.32. The van der Waals surface area contributed by atoms with Gasteiger partial charge in [-0.25, -0.2) is 4.98 Å². The minimum atomic E-state index is 0.538. The van der Waals surface area contributed by atoms with Gasteiger partial charge in [0.2, 0.25) is 0 Å². The van der Waals surface area contributed by atoms with Gasteiger partial charge in [0.25, 0.3) is 0 Å². The van der Waals surface area contributed by atoms with Gasteiger partial charge in [0.05, 0.1) is 5.56 Å². The fourth-order valence-corrected chi connectivity index (χ4v) is 2.35. The summed E-state index contributed by atoms with van der Waals surface area (Å²) in [6, 6.07) is 26.0. The molecular formula is C20H18N4. The topological polar surface area (TPSA) is 60.7 Å². The number of rotatable bonds is 6. The van der Waals surface area contributed by atoms with Gasteiger partial charge in [0.1, 0.15) is 17.7 Å². The second-order valence-corrected chi connectivity index (χ2v) is 5.38. The number of benzene rings is 2. The van der Waals surface area contributed by atoms with Gasteiger partial charge in [-0.2, -0.15) is 5.26 Å². The molecule has 4 heteroatoms. The second-order valence-electron chi connectivity index (χ2n) is 5.38. The average Bonchev–Trinajstić information content (AvgIpc) is 2.66. The third-order valence-electron chi connectivity index (χ3n) is 3.63. The molecule has 0 amide bonds. The number of nitriles is 1. The van der Waals surface area contributed by atoms with Crippen molar-refractivity contribution in [3.63, 3.8) is 0 Å². The highest BCUT2D eigenvalue weighted by atomic mass is 15.1. The van der Waals surface area contributed by atoms with E-state index in [1.54, 1.807) is 6.07 Å². The summed E-state index contributed by atoms with van der Waals surface area (Å²) in [5, 5.41) is 15.8. The van der Waals surface area contributed by atoms with Crippen LogP contribution in [0.1, 0.15) is 16.7 Å². The van der Waals surface area contributed by atoms with Crippen LogP contribution in [0.2, 0.25) is 0 Å². The fourth-order valence-electron chi connectivity index (χ4n) is 2.35. The van der Waals surface area contributed by atoms with E-state index < -0.39 is 0 Å². The Bertz CT molecular complexity index is 823. The van der Waals surface area contributed by atoms with E-state index in [9.17, 15) is 5.26 Å². The molecule has 3 aromatic rings. The van der Waals surface area contributed by atoms with Crippen molar-refractivity contribution < 1.29 is 0 Å². The molecule has 0 saturated heterocycles. The van der Waals surface area contributed by atoms with Gasteiger partial charge in [-0.3, -0.25) is 0 Å². The van der Waals surface area contributed by atoms with E-state index in [0.717, 1.165) is 11.4 Å². The summed E-state index contributed by atoms with van der Waals surface area (Å²) in [6.07, 6.45) is 0. The molecule has 24 heavy (non-hydrogen) atoms. The molecule has 0 bridgehead atoms. The van der Waals surface area contributed by atoms with Crippen molar-refractivity contribution >= 4 is 11.6 Å². The molecule has 0 aliphatic rings. The Morgan fingerprint density at radius 2 is 1.33 bits per heavy atom. The molecule has 0 saturated carbocycles. The summed E-state index contributed by atoms with van der Waals surface area (Å²) < 4.78 is 0. The Labute approximate surface area is 141 Å². The lowest BCUT2D eigenvalue weighted by molar-refractivity contribution is 1.08. The zero-order valence-electron chi connectivity index (χ0n) is 13.2. The summed E-state index contributed by atoms with van der Waals surface area (Å²) in [5.74, 6) is 1.34. The Morgan fingerprint density at radius 1 is 0.750 bits per heavy atom. The van der Waals surface area contributed by atoms with Gasteiger partial charge >= 0.3 is 0 Å². The lowest BCUT2D eigenvalue weighted by Gasteiger charge is -2.11. The van der Waals surface area contributed by atoms with Crippen molar-refractivity contribution in [1.29, 1.82) is 5.26 Å². The van der Waals surface area contributed by atoms with E-state index in [1.165, 1.54) is 5.56 Å². The molecule has 0 spiro atoms. The number of nitrogens with one attached hydrogen (secondary N) is 2. The molecule has 2 aromatic carbocycles. The van der Waals surface area contributed by atoms with Gasteiger partial charge < -0.3 is 10.6 Å². The third-order valence-corrected chi connectivity index (χ3v) is 3.63. The van der Waals surface area contributed by atoms with Crippen LogP contribution in [0.4, 0.5) is 11.6 Å². The number of nitrogens with zero attached hydrogens (tertiary/aromatic N) is 2. The van der Waals surface area contributed by atoms with Crippen LogP contribution >= 0.6 is 0 Å². The zero-order valence-corrected chi connectivity index (χ0v) is 13.2. The lowest BCUT2D eigenvalue weighted by atomic mass is 10.2. The van der Waals surface area contributed by atoms with Crippen LogP contribution in [0, 0.1) is 11.3 Å². The van der Waals surface area contributed by atoms with Crippen LogP contribution in [0.3, 0.4) is 0 Å². The molecule has 4 nitrogen and oxygen atoms in total. The summed E-state index contributed by atoms with van der Waals surface area (Å²) in [5.41, 5.74) is 2.87. The van der Waals surface area contributed by atoms with Crippen LogP contribution in [0.5, 0.6) is 0 Å². The van der Waals surface area contributed by atoms with Crippen molar-refractivity contribution in [3.8, 4) is 6.07 Å². The van der Waals surface area contributed by atoms with Crippen molar-refractivity contribution in [3.05, 3.63) is 89.5 Å². The summed E-state index contributed by atoms with van der Waals surface area (Å²) in [7, 11) is 0. The molecule has 0 unspecified atom stereocenters. The molecule has 1 heterocycles. The highest BCUT2D eigenvalue weighted by Crippen LogP contribution is 2.17. The van der Waals surface area contributed by atoms with Crippen LogP contribution in [0.15, 0.2) is 72.8 Å². The predicted molar refractivity (Wildman–Crippen MR) is 96.5 cm³/mol. The average molecular weight is 314 g/mol. The van der Waals surface area contributed by atoms with Gasteiger partial charge in [0, 0.05) is 13.1 Å². The van der Waals surface area contributed by atoms with Crippen molar-refractivity contribution in [2.24, 2.45) is 0 Å². The Morgan fingerprint density at radius 3 is 1.92 bits per heavy atom. The predicted octanol–water partition coefficient (Wildman–Crippen LogP) is 4.18. The maximum atomic E-state index is 9.26. The zero-order chi connectivity index (χ0) is 16.6. The maximum Gasteiger partial charge on any atom is 0.146 e. The van der Waals surface area contributed by atoms with Crippen LogP contribution in [-0.2, 0) is 13.1 Å². The first kappa shape index (κ1) is 15.6. The molecule has 0 radical (unpaired) electrons. The van der Waals surface area contributed by atoms with Crippen molar-refractivity contribution in [2.75, 3.05) is 10.6 Å². The fraction of sp³-hybridized carbons (Fsp3) is 0.100. The number of hydrogen-bond donors (Lipinski definition) is 2. The summed E-state index contributed by atoms with van der Waals surface area (Å²) >= 11 is 0. The normalized spacial score (nSPS) is 9.96. The molecule has 1 aromatic heterocycles. The quantitative estimate of drug-likeness (QED) is 0.716. The van der Waals surface area contributed by atoms with Crippen LogP contribution < -0.4 is 10.6 Å². The van der Waals surface area contributed by atoms with E-state index in [2.05, 4.69) is 33.8 Å². The van der Waals surface area contributed by atoms with E-state index in [-0.39, 0.29) is 0 Å². The van der Waals surface area contributed by atoms with Crippen LogP contribution in [-0.4, -0.2) is 4.98 Å². The maximum absolute atomic E-state index is 9.26. The highest BCUT2D eigenvalue weighted by Gasteiger charge is 2.05. The Balaban J connectivity index is 1.69. The Kier molecular flexibility index (Phi) is 5.06. The molecule has 0 aliphatic carbocycles. The number of hydrogen-bond acceptors (Lipinski definition) is 4. The lowest BCUT2D eigenvalue weighted by Crippen LogP contribution is -2.07. The molecule has 0 atom stereocenters. The third kappa shape index (κ3) is 4.11. The van der Waals surface area contributed by atoms with E-state index in [1.807, 2.05) is 54.6 Å². The smallest absolute Gasteiger partial charge is 0.146 e. The minimum Gasteiger partial charge on any atom is -0.366 e. The van der Waals surface area contributed by atoms with E-state index >= 15 is 0 Å². The first-order valence-corrected chi connectivity index (χ1v) is 7.82. The van der Waals surface area contributed by atoms with Gasteiger partial charge in [0.15, 0.2) is 0 Å².